The van der Waals surface area contributed by atoms with E-state index in [0.29, 0.717) is 22.8 Å². The first-order valence-corrected chi connectivity index (χ1v) is 6.05. The summed E-state index contributed by atoms with van der Waals surface area (Å²) in [5, 5.41) is 11.8. The predicted octanol–water partition coefficient (Wildman–Crippen LogP) is 2.89. The lowest BCUT2D eigenvalue weighted by molar-refractivity contribution is 0.318. The Labute approximate surface area is 117 Å². The van der Waals surface area contributed by atoms with Crippen LogP contribution in [0.25, 0.3) is 0 Å². The number of aryl methyl sites for hydroxylation is 1. The number of methoxy groups -OCH3 is 1. The van der Waals surface area contributed by atoms with Gasteiger partial charge in [0.15, 0.2) is 17.3 Å². The van der Waals surface area contributed by atoms with Crippen LogP contribution in [0, 0.1) is 6.92 Å². The van der Waals surface area contributed by atoms with Crippen LogP contribution < -0.4 is 15.2 Å². The summed E-state index contributed by atoms with van der Waals surface area (Å²) < 4.78 is 11.1. The lowest BCUT2D eigenvalue weighted by atomic mass is 10.2. The number of nitrogens with zero attached hydrogens (tertiary/aromatic N) is 1. The summed E-state index contributed by atoms with van der Waals surface area (Å²) in [6.07, 6.45) is 0. The Hall–Kier alpha value is -2.69. The fourth-order valence-electron chi connectivity index (χ4n) is 1.80. The Kier molecular flexibility index (Phi) is 4.10. The van der Waals surface area contributed by atoms with E-state index < -0.39 is 0 Å². The minimum absolute atomic E-state index is 0.00771. The molecule has 3 N–H and O–H groups in total. The normalized spacial score (nSPS) is 11.2. The van der Waals surface area contributed by atoms with Gasteiger partial charge in [0, 0.05) is 0 Å². The summed E-state index contributed by atoms with van der Waals surface area (Å²) >= 11 is 0. The lowest BCUT2D eigenvalue weighted by Crippen LogP contribution is -2.14. The number of benzene rings is 2. The molecule has 0 radical (unpaired) electrons. The second-order valence-electron chi connectivity index (χ2n) is 4.24. The molecule has 0 bridgehead atoms. The molecule has 0 unspecified atom stereocenters. The van der Waals surface area contributed by atoms with Gasteiger partial charge in [-0.1, -0.05) is 23.4 Å². The molecule has 0 saturated carbocycles. The van der Waals surface area contributed by atoms with E-state index in [0.717, 1.165) is 5.56 Å². The van der Waals surface area contributed by atoms with Gasteiger partial charge in [0.25, 0.3) is 0 Å². The van der Waals surface area contributed by atoms with Crippen LogP contribution in [-0.2, 0) is 0 Å². The molecule has 0 heterocycles. The van der Waals surface area contributed by atoms with Crippen LogP contribution >= 0.6 is 0 Å². The van der Waals surface area contributed by atoms with Crippen molar-refractivity contribution in [3.05, 3.63) is 53.6 Å². The van der Waals surface area contributed by atoms with E-state index in [2.05, 4.69) is 5.16 Å². The molecule has 0 fully saturated rings. The van der Waals surface area contributed by atoms with Gasteiger partial charge in [0.1, 0.15) is 5.75 Å². The molecule has 5 heteroatoms. The first kappa shape index (κ1) is 13.7. The molecular weight excluding hydrogens is 256 g/mol. The molecule has 0 aliphatic heterocycles. The standard InChI is InChI=1S/C15H16N2O3/c1-10-7-8-13(14(9-10)19-2)20-12-6-4-3-5-11(12)15(16)17-18/h3-9,18H,1-2H3,(H2,16,17). The first-order valence-electron chi connectivity index (χ1n) is 6.05. The van der Waals surface area contributed by atoms with Crippen LogP contribution in [0.4, 0.5) is 0 Å². The maximum Gasteiger partial charge on any atom is 0.173 e. The van der Waals surface area contributed by atoms with Crippen molar-refractivity contribution in [2.45, 2.75) is 6.92 Å². The zero-order valence-electron chi connectivity index (χ0n) is 11.3. The van der Waals surface area contributed by atoms with Crippen molar-refractivity contribution < 1.29 is 14.7 Å². The monoisotopic (exact) mass is 272 g/mol. The number of nitrogens with two attached hydrogens (primary N) is 1. The Morgan fingerprint density at radius 3 is 2.55 bits per heavy atom. The van der Waals surface area contributed by atoms with E-state index in [-0.39, 0.29) is 5.84 Å². The van der Waals surface area contributed by atoms with Gasteiger partial charge in [-0.2, -0.15) is 0 Å². The number of hydrogen-bond donors (Lipinski definition) is 2. The van der Waals surface area contributed by atoms with Crippen molar-refractivity contribution in [2.75, 3.05) is 7.11 Å². The van der Waals surface area contributed by atoms with E-state index in [1.165, 1.54) is 0 Å². The number of rotatable bonds is 4. The van der Waals surface area contributed by atoms with E-state index in [9.17, 15) is 0 Å². The summed E-state index contributed by atoms with van der Waals surface area (Å²) in [5.74, 6) is 1.67. The molecule has 5 nitrogen and oxygen atoms in total. The Morgan fingerprint density at radius 1 is 1.10 bits per heavy atom. The van der Waals surface area contributed by atoms with Crippen LogP contribution in [0.15, 0.2) is 47.6 Å². The zero-order chi connectivity index (χ0) is 14.5. The van der Waals surface area contributed by atoms with Crippen molar-refractivity contribution >= 4 is 5.84 Å². The van der Waals surface area contributed by atoms with Crippen molar-refractivity contribution in [2.24, 2.45) is 10.9 Å². The third-order valence-electron chi connectivity index (χ3n) is 2.81. The predicted molar refractivity (Wildman–Crippen MR) is 76.8 cm³/mol. The molecule has 2 aromatic carbocycles. The summed E-state index contributed by atoms with van der Waals surface area (Å²) in [6.45, 7) is 1.97. The first-order chi connectivity index (χ1) is 9.65. The summed E-state index contributed by atoms with van der Waals surface area (Å²) in [6, 6.07) is 12.7. The van der Waals surface area contributed by atoms with E-state index >= 15 is 0 Å². The Morgan fingerprint density at radius 2 is 1.85 bits per heavy atom. The fourth-order valence-corrected chi connectivity index (χ4v) is 1.80. The number of amidine groups is 1. The fraction of sp³-hybridized carbons (Fsp3) is 0.133. The second-order valence-corrected chi connectivity index (χ2v) is 4.24. The van der Waals surface area contributed by atoms with Crippen molar-refractivity contribution in [3.8, 4) is 17.2 Å². The van der Waals surface area contributed by atoms with Crippen LogP contribution in [0.1, 0.15) is 11.1 Å². The maximum absolute atomic E-state index is 8.80. The van der Waals surface area contributed by atoms with Gasteiger partial charge in [-0.25, -0.2) is 0 Å². The topological polar surface area (TPSA) is 77.1 Å². The van der Waals surface area contributed by atoms with Crippen LogP contribution in [0.2, 0.25) is 0 Å². The molecule has 0 spiro atoms. The van der Waals surface area contributed by atoms with Gasteiger partial charge < -0.3 is 20.4 Å². The van der Waals surface area contributed by atoms with Crippen molar-refractivity contribution in [1.82, 2.24) is 0 Å². The quantitative estimate of drug-likeness (QED) is 0.388. The summed E-state index contributed by atoms with van der Waals surface area (Å²) in [5.41, 5.74) is 7.21. The molecule has 2 aromatic rings. The van der Waals surface area contributed by atoms with Gasteiger partial charge in [0.2, 0.25) is 0 Å². The van der Waals surface area contributed by atoms with Gasteiger partial charge in [-0.15, -0.1) is 0 Å². The van der Waals surface area contributed by atoms with Crippen molar-refractivity contribution in [3.63, 3.8) is 0 Å². The summed E-state index contributed by atoms with van der Waals surface area (Å²) in [7, 11) is 1.58. The zero-order valence-corrected chi connectivity index (χ0v) is 11.3. The number of hydrogen-bond acceptors (Lipinski definition) is 4. The average Bonchev–Trinajstić information content (AvgIpc) is 2.48. The highest BCUT2D eigenvalue weighted by Gasteiger charge is 2.11. The number of ether oxygens (including phenoxy) is 2. The molecule has 0 amide bonds. The molecule has 104 valence electrons. The van der Waals surface area contributed by atoms with Gasteiger partial charge in [0.05, 0.1) is 12.7 Å². The van der Waals surface area contributed by atoms with E-state index in [4.69, 9.17) is 20.4 Å². The second kappa shape index (κ2) is 5.97. The van der Waals surface area contributed by atoms with E-state index in [1.54, 1.807) is 25.3 Å². The van der Waals surface area contributed by atoms with Crippen LogP contribution in [0.5, 0.6) is 17.2 Å². The number of oxime groups is 1. The number of para-hydroxylation sites is 1. The smallest absolute Gasteiger partial charge is 0.173 e. The molecule has 0 aromatic heterocycles. The molecule has 2 rings (SSSR count). The summed E-state index contributed by atoms with van der Waals surface area (Å²) in [4.78, 5) is 0. The highest BCUT2D eigenvalue weighted by atomic mass is 16.5. The molecular formula is C15H16N2O3. The lowest BCUT2D eigenvalue weighted by Gasteiger charge is -2.13. The van der Waals surface area contributed by atoms with Crippen LogP contribution in [0.3, 0.4) is 0 Å². The minimum Gasteiger partial charge on any atom is -0.493 e. The van der Waals surface area contributed by atoms with E-state index in [1.807, 2.05) is 31.2 Å². The third kappa shape index (κ3) is 2.83. The van der Waals surface area contributed by atoms with Gasteiger partial charge in [-0.3, -0.25) is 0 Å². The Bertz CT molecular complexity index is 639. The molecule has 0 aliphatic rings. The maximum atomic E-state index is 8.80. The van der Waals surface area contributed by atoms with Crippen LogP contribution in [-0.4, -0.2) is 18.2 Å². The van der Waals surface area contributed by atoms with Crippen molar-refractivity contribution in [1.29, 1.82) is 0 Å². The largest absolute Gasteiger partial charge is 0.493 e. The highest BCUT2D eigenvalue weighted by Crippen LogP contribution is 2.33. The molecule has 0 atom stereocenters. The van der Waals surface area contributed by atoms with Gasteiger partial charge in [-0.05, 0) is 36.8 Å². The SMILES string of the molecule is COc1cc(C)ccc1Oc1ccccc1/C(N)=N/O. The Balaban J connectivity index is 2.40. The third-order valence-corrected chi connectivity index (χ3v) is 2.81. The van der Waals surface area contributed by atoms with Gasteiger partial charge >= 0.3 is 0 Å². The molecule has 20 heavy (non-hydrogen) atoms. The highest BCUT2D eigenvalue weighted by molar-refractivity contribution is 5.99. The average molecular weight is 272 g/mol. The molecule has 0 aliphatic carbocycles. The molecule has 0 saturated heterocycles. The minimum atomic E-state index is -0.00771.